The predicted molar refractivity (Wildman–Crippen MR) is 79.1 cm³/mol. The van der Waals surface area contributed by atoms with E-state index in [1.165, 1.54) is 18.5 Å². The molecule has 0 fully saturated rings. The Morgan fingerprint density at radius 3 is 3.00 bits per heavy atom. The minimum Gasteiger partial charge on any atom is -0.352 e. The van der Waals surface area contributed by atoms with Gasteiger partial charge in [-0.05, 0) is 30.2 Å². The summed E-state index contributed by atoms with van der Waals surface area (Å²) in [7, 11) is 0. The van der Waals surface area contributed by atoms with Gasteiger partial charge in [-0.15, -0.1) is 0 Å². The maximum absolute atomic E-state index is 12.0. The molecule has 100 valence electrons. The van der Waals surface area contributed by atoms with Gasteiger partial charge in [-0.25, -0.2) is 0 Å². The zero-order valence-electron chi connectivity index (χ0n) is 10.6. The first-order valence-electron chi connectivity index (χ1n) is 6.07. The molecule has 0 radical (unpaired) electrons. The van der Waals surface area contributed by atoms with Gasteiger partial charge < -0.3 is 5.32 Å². The highest BCUT2D eigenvalue weighted by atomic mass is 79.9. The number of amides is 1. The molecular formula is C15H12BrN3O. The van der Waals surface area contributed by atoms with E-state index in [0.717, 1.165) is 16.5 Å². The zero-order valence-corrected chi connectivity index (χ0v) is 12.2. The number of hydrogen-bond acceptors (Lipinski definition) is 3. The van der Waals surface area contributed by atoms with E-state index >= 15 is 0 Å². The van der Waals surface area contributed by atoms with Crippen LogP contribution in [0.1, 0.15) is 21.5 Å². The lowest BCUT2D eigenvalue weighted by molar-refractivity contribution is 0.0953. The Morgan fingerprint density at radius 1 is 1.40 bits per heavy atom. The van der Waals surface area contributed by atoms with Gasteiger partial charge >= 0.3 is 0 Å². The molecule has 0 aliphatic carbocycles. The number of carbonyl (C=O) groups excluding carboxylic acids is 1. The molecule has 2 aromatic rings. The van der Waals surface area contributed by atoms with E-state index in [9.17, 15) is 4.79 Å². The third-order valence-corrected chi connectivity index (χ3v) is 3.27. The standard InChI is InChI=1S/C15H12BrN3O/c16-13-3-1-2-11(8-13)4-7-19-15(20)14-10-18-6-5-12(14)9-17/h1-3,5-6,8,10H,4,7H2,(H,19,20). The van der Waals surface area contributed by atoms with Gasteiger partial charge in [-0.1, -0.05) is 28.1 Å². The van der Waals surface area contributed by atoms with Gasteiger partial charge in [0.05, 0.1) is 11.1 Å². The van der Waals surface area contributed by atoms with Crippen molar-refractivity contribution >= 4 is 21.8 Å². The number of halogens is 1. The Kier molecular flexibility index (Phi) is 4.85. The number of pyridine rings is 1. The number of aromatic nitrogens is 1. The SMILES string of the molecule is N#Cc1ccncc1C(=O)NCCc1cccc(Br)c1. The zero-order chi connectivity index (χ0) is 14.4. The van der Waals surface area contributed by atoms with Crippen LogP contribution in [0.2, 0.25) is 0 Å². The lowest BCUT2D eigenvalue weighted by atomic mass is 10.1. The molecule has 2 rings (SSSR count). The van der Waals surface area contributed by atoms with Crippen molar-refractivity contribution in [3.63, 3.8) is 0 Å². The Morgan fingerprint density at radius 2 is 2.25 bits per heavy atom. The Hall–Kier alpha value is -2.19. The largest absolute Gasteiger partial charge is 0.352 e. The number of carbonyl (C=O) groups is 1. The van der Waals surface area contributed by atoms with Crippen molar-refractivity contribution in [2.45, 2.75) is 6.42 Å². The van der Waals surface area contributed by atoms with Gasteiger partial charge in [0.15, 0.2) is 0 Å². The van der Waals surface area contributed by atoms with Crippen LogP contribution in [0.3, 0.4) is 0 Å². The molecule has 1 N–H and O–H groups in total. The van der Waals surface area contributed by atoms with Crippen molar-refractivity contribution in [3.8, 4) is 6.07 Å². The van der Waals surface area contributed by atoms with Crippen LogP contribution in [0.4, 0.5) is 0 Å². The third kappa shape index (κ3) is 3.65. The summed E-state index contributed by atoms with van der Waals surface area (Å²) in [4.78, 5) is 15.8. The minimum absolute atomic E-state index is 0.273. The lowest BCUT2D eigenvalue weighted by Gasteiger charge is -2.06. The van der Waals surface area contributed by atoms with Crippen molar-refractivity contribution < 1.29 is 4.79 Å². The highest BCUT2D eigenvalue weighted by Crippen LogP contribution is 2.12. The molecule has 5 heteroatoms. The second kappa shape index (κ2) is 6.83. The number of rotatable bonds is 4. The molecule has 0 atom stereocenters. The monoisotopic (exact) mass is 329 g/mol. The molecule has 0 unspecified atom stereocenters. The number of nitrogens with one attached hydrogen (secondary N) is 1. The molecule has 1 aromatic heterocycles. The number of hydrogen-bond donors (Lipinski definition) is 1. The maximum Gasteiger partial charge on any atom is 0.254 e. The van der Waals surface area contributed by atoms with Gasteiger partial charge in [-0.2, -0.15) is 5.26 Å². The maximum atomic E-state index is 12.0. The van der Waals surface area contributed by atoms with Crippen LogP contribution in [-0.2, 0) is 6.42 Å². The summed E-state index contributed by atoms with van der Waals surface area (Å²) in [5.74, 6) is -0.273. The van der Waals surface area contributed by atoms with E-state index in [4.69, 9.17) is 5.26 Å². The highest BCUT2D eigenvalue weighted by molar-refractivity contribution is 9.10. The first-order valence-corrected chi connectivity index (χ1v) is 6.87. The van der Waals surface area contributed by atoms with Gasteiger partial charge in [-0.3, -0.25) is 9.78 Å². The fourth-order valence-corrected chi connectivity index (χ4v) is 2.23. The van der Waals surface area contributed by atoms with Gasteiger partial charge in [0.25, 0.3) is 5.91 Å². The topological polar surface area (TPSA) is 65.8 Å². The average molecular weight is 330 g/mol. The summed E-state index contributed by atoms with van der Waals surface area (Å²) in [6.45, 7) is 0.509. The van der Waals surface area contributed by atoms with Crippen LogP contribution >= 0.6 is 15.9 Å². The summed E-state index contributed by atoms with van der Waals surface area (Å²) in [6, 6.07) is 11.4. The van der Waals surface area contributed by atoms with Crippen LogP contribution in [-0.4, -0.2) is 17.4 Å². The van der Waals surface area contributed by atoms with E-state index in [1.54, 1.807) is 0 Å². The molecule has 4 nitrogen and oxygen atoms in total. The van der Waals surface area contributed by atoms with E-state index in [0.29, 0.717) is 17.7 Å². The van der Waals surface area contributed by atoms with Crippen LogP contribution in [0.5, 0.6) is 0 Å². The summed E-state index contributed by atoms with van der Waals surface area (Å²) in [6.07, 6.45) is 3.64. The minimum atomic E-state index is -0.273. The first kappa shape index (κ1) is 14.2. The molecule has 0 bridgehead atoms. The summed E-state index contributed by atoms with van der Waals surface area (Å²) in [5, 5.41) is 11.7. The van der Waals surface area contributed by atoms with E-state index in [1.807, 2.05) is 30.3 Å². The molecule has 0 aliphatic rings. The molecule has 1 aromatic carbocycles. The molecule has 20 heavy (non-hydrogen) atoms. The van der Waals surface area contributed by atoms with Crippen molar-refractivity contribution in [3.05, 3.63) is 63.9 Å². The lowest BCUT2D eigenvalue weighted by Crippen LogP contribution is -2.26. The predicted octanol–water partition coefficient (Wildman–Crippen LogP) is 2.69. The molecule has 0 saturated carbocycles. The molecular weight excluding hydrogens is 318 g/mol. The highest BCUT2D eigenvalue weighted by Gasteiger charge is 2.10. The smallest absolute Gasteiger partial charge is 0.254 e. The normalized spacial score (nSPS) is 9.80. The van der Waals surface area contributed by atoms with Crippen LogP contribution in [0.15, 0.2) is 47.2 Å². The van der Waals surface area contributed by atoms with Gasteiger partial charge in [0.1, 0.15) is 6.07 Å². The van der Waals surface area contributed by atoms with E-state index < -0.39 is 0 Å². The number of nitriles is 1. The summed E-state index contributed by atoms with van der Waals surface area (Å²) in [5.41, 5.74) is 1.77. The van der Waals surface area contributed by atoms with Crippen LogP contribution in [0, 0.1) is 11.3 Å². The van der Waals surface area contributed by atoms with E-state index in [2.05, 4.69) is 26.2 Å². The van der Waals surface area contributed by atoms with Crippen molar-refractivity contribution in [2.24, 2.45) is 0 Å². The molecule has 0 spiro atoms. The Bertz CT molecular complexity index is 664. The molecule has 1 heterocycles. The fourth-order valence-electron chi connectivity index (χ4n) is 1.78. The van der Waals surface area contributed by atoms with Crippen molar-refractivity contribution in [2.75, 3.05) is 6.54 Å². The second-order valence-corrected chi connectivity index (χ2v) is 5.08. The quantitative estimate of drug-likeness (QED) is 0.937. The Labute approximate surface area is 125 Å². The summed E-state index contributed by atoms with van der Waals surface area (Å²) < 4.78 is 1.01. The summed E-state index contributed by atoms with van der Waals surface area (Å²) >= 11 is 3.41. The molecule has 0 saturated heterocycles. The fraction of sp³-hybridized carbons (Fsp3) is 0.133. The van der Waals surface area contributed by atoms with E-state index in [-0.39, 0.29) is 5.91 Å². The third-order valence-electron chi connectivity index (χ3n) is 2.77. The Balaban J connectivity index is 1.94. The first-order chi connectivity index (χ1) is 9.70. The molecule has 1 amide bonds. The van der Waals surface area contributed by atoms with Gasteiger partial charge in [0.2, 0.25) is 0 Å². The number of benzene rings is 1. The average Bonchev–Trinajstić information content (AvgIpc) is 2.47. The second-order valence-electron chi connectivity index (χ2n) is 4.17. The number of nitrogens with zero attached hydrogens (tertiary/aromatic N) is 2. The van der Waals surface area contributed by atoms with Gasteiger partial charge in [0, 0.05) is 23.4 Å². The van der Waals surface area contributed by atoms with Crippen LogP contribution < -0.4 is 5.32 Å². The molecule has 0 aliphatic heterocycles. The van der Waals surface area contributed by atoms with Crippen molar-refractivity contribution in [1.29, 1.82) is 5.26 Å². The van der Waals surface area contributed by atoms with Crippen molar-refractivity contribution in [1.82, 2.24) is 10.3 Å². The van der Waals surface area contributed by atoms with Crippen LogP contribution in [0.25, 0.3) is 0 Å².